The summed E-state index contributed by atoms with van der Waals surface area (Å²) in [5, 5.41) is 3.36. The molecule has 1 N–H and O–H groups in total. The third-order valence-electron chi connectivity index (χ3n) is 3.95. The lowest BCUT2D eigenvalue weighted by Crippen LogP contribution is -2.43. The van der Waals surface area contributed by atoms with Crippen LogP contribution in [0.15, 0.2) is 4.99 Å². The van der Waals surface area contributed by atoms with Crippen LogP contribution in [-0.4, -0.2) is 61.8 Å². The Kier molecular flexibility index (Phi) is 5.67. The normalized spacial score (nSPS) is 26.4. The Labute approximate surface area is 133 Å². The highest BCUT2D eigenvalue weighted by molar-refractivity contribution is 5.82. The minimum atomic E-state index is -0.426. The molecule has 0 aromatic rings. The van der Waals surface area contributed by atoms with Gasteiger partial charge >= 0.3 is 5.97 Å². The molecule has 2 saturated heterocycles. The van der Waals surface area contributed by atoms with E-state index in [4.69, 9.17) is 9.47 Å². The lowest BCUT2D eigenvalue weighted by molar-refractivity contribution is -0.159. The van der Waals surface area contributed by atoms with Crippen molar-refractivity contribution >= 4 is 11.9 Å². The molecule has 2 aliphatic heterocycles. The molecular weight excluding hydrogens is 282 g/mol. The number of nitrogens with zero attached hydrogens (tertiary/aromatic N) is 2. The molecule has 2 rings (SSSR count). The molecule has 22 heavy (non-hydrogen) atoms. The molecule has 0 aromatic carbocycles. The smallest absolute Gasteiger partial charge is 0.311 e. The van der Waals surface area contributed by atoms with Gasteiger partial charge < -0.3 is 19.7 Å². The van der Waals surface area contributed by atoms with Gasteiger partial charge in [-0.05, 0) is 40.0 Å². The van der Waals surface area contributed by atoms with Gasteiger partial charge in [0, 0.05) is 33.3 Å². The van der Waals surface area contributed by atoms with E-state index in [1.807, 2.05) is 20.8 Å². The molecular formula is C16H29N3O3. The predicted octanol–water partition coefficient (Wildman–Crippen LogP) is 1.40. The topological polar surface area (TPSA) is 63.2 Å². The average Bonchev–Trinajstić information content (AvgIpc) is 3.08. The van der Waals surface area contributed by atoms with Crippen molar-refractivity contribution in [1.29, 1.82) is 0 Å². The fourth-order valence-corrected chi connectivity index (χ4v) is 2.87. The first kappa shape index (κ1) is 17.1. The quantitative estimate of drug-likeness (QED) is 0.485. The molecule has 6 heteroatoms. The van der Waals surface area contributed by atoms with Crippen molar-refractivity contribution < 1.29 is 14.3 Å². The number of guanidine groups is 1. The molecule has 0 aromatic heterocycles. The molecule has 126 valence electrons. The molecule has 2 unspecified atom stereocenters. The molecule has 0 radical (unpaired) electrons. The van der Waals surface area contributed by atoms with Crippen LogP contribution < -0.4 is 5.32 Å². The molecule has 0 saturated carbocycles. The highest BCUT2D eigenvalue weighted by Crippen LogP contribution is 2.21. The van der Waals surface area contributed by atoms with Crippen molar-refractivity contribution in [3.8, 4) is 0 Å². The van der Waals surface area contributed by atoms with E-state index < -0.39 is 5.60 Å². The summed E-state index contributed by atoms with van der Waals surface area (Å²) < 4.78 is 11.1. The van der Waals surface area contributed by atoms with Crippen molar-refractivity contribution in [2.24, 2.45) is 10.9 Å². The number of nitrogens with one attached hydrogen (secondary N) is 1. The molecule has 2 fully saturated rings. The number of likely N-dealkylation sites (tertiary alicyclic amines) is 1. The van der Waals surface area contributed by atoms with E-state index in [1.54, 1.807) is 7.05 Å². The second-order valence-corrected chi connectivity index (χ2v) is 7.03. The lowest BCUT2D eigenvalue weighted by atomic mass is 10.1. The maximum atomic E-state index is 12.2. The monoisotopic (exact) mass is 311 g/mol. The van der Waals surface area contributed by atoms with E-state index >= 15 is 0 Å². The number of carbonyl (C=O) groups excluding carboxylic acids is 1. The Balaban J connectivity index is 1.81. The van der Waals surface area contributed by atoms with Crippen LogP contribution in [0.5, 0.6) is 0 Å². The molecule has 6 nitrogen and oxygen atoms in total. The van der Waals surface area contributed by atoms with E-state index in [9.17, 15) is 4.79 Å². The SMILES string of the molecule is CN=C(NCC1CCCO1)N1CCC(C(=O)OC(C)(C)C)C1. The maximum absolute atomic E-state index is 12.2. The summed E-state index contributed by atoms with van der Waals surface area (Å²) in [5.41, 5.74) is -0.426. The first-order valence-electron chi connectivity index (χ1n) is 8.19. The number of rotatable bonds is 3. The zero-order chi connectivity index (χ0) is 16.2. The molecule has 2 atom stereocenters. The molecule has 0 spiro atoms. The van der Waals surface area contributed by atoms with Gasteiger partial charge in [0.05, 0.1) is 12.0 Å². The molecule has 2 heterocycles. The number of aliphatic imine (C=N–C) groups is 1. The van der Waals surface area contributed by atoms with Crippen LogP contribution in [0.2, 0.25) is 0 Å². The van der Waals surface area contributed by atoms with Gasteiger partial charge in [-0.1, -0.05) is 0 Å². The van der Waals surface area contributed by atoms with Crippen LogP contribution in [0.1, 0.15) is 40.0 Å². The predicted molar refractivity (Wildman–Crippen MR) is 85.9 cm³/mol. The first-order valence-corrected chi connectivity index (χ1v) is 8.19. The highest BCUT2D eigenvalue weighted by atomic mass is 16.6. The van der Waals surface area contributed by atoms with Gasteiger partial charge in [-0.2, -0.15) is 0 Å². The zero-order valence-corrected chi connectivity index (χ0v) is 14.2. The molecule has 2 aliphatic rings. The summed E-state index contributed by atoms with van der Waals surface area (Å²) in [7, 11) is 1.78. The van der Waals surface area contributed by atoms with Crippen LogP contribution in [0.25, 0.3) is 0 Å². The Morgan fingerprint density at radius 2 is 2.18 bits per heavy atom. The fourth-order valence-electron chi connectivity index (χ4n) is 2.87. The fraction of sp³-hybridized carbons (Fsp3) is 0.875. The van der Waals surface area contributed by atoms with Crippen LogP contribution in [0.3, 0.4) is 0 Å². The highest BCUT2D eigenvalue weighted by Gasteiger charge is 2.33. The van der Waals surface area contributed by atoms with Gasteiger partial charge in [0.15, 0.2) is 5.96 Å². The third-order valence-corrected chi connectivity index (χ3v) is 3.95. The summed E-state index contributed by atoms with van der Waals surface area (Å²) >= 11 is 0. The Hall–Kier alpha value is -1.30. The van der Waals surface area contributed by atoms with Crippen molar-refractivity contribution in [3.05, 3.63) is 0 Å². The van der Waals surface area contributed by atoms with Gasteiger partial charge in [-0.3, -0.25) is 9.79 Å². The van der Waals surface area contributed by atoms with Crippen molar-refractivity contribution in [1.82, 2.24) is 10.2 Å². The maximum Gasteiger partial charge on any atom is 0.311 e. The number of ether oxygens (including phenoxy) is 2. The zero-order valence-electron chi connectivity index (χ0n) is 14.2. The first-order chi connectivity index (χ1) is 10.4. The molecule has 0 amide bonds. The second kappa shape index (κ2) is 7.31. The van der Waals surface area contributed by atoms with E-state index in [0.717, 1.165) is 44.9 Å². The van der Waals surface area contributed by atoms with Gasteiger partial charge in [-0.25, -0.2) is 0 Å². The number of hydrogen-bond acceptors (Lipinski definition) is 4. The van der Waals surface area contributed by atoms with Crippen LogP contribution in [0.4, 0.5) is 0 Å². The summed E-state index contributed by atoms with van der Waals surface area (Å²) in [4.78, 5) is 18.6. The molecule has 0 bridgehead atoms. The van der Waals surface area contributed by atoms with Crippen LogP contribution in [-0.2, 0) is 14.3 Å². The van der Waals surface area contributed by atoms with Crippen molar-refractivity contribution in [2.75, 3.05) is 33.3 Å². The van der Waals surface area contributed by atoms with E-state index in [0.29, 0.717) is 6.54 Å². The van der Waals surface area contributed by atoms with Gasteiger partial charge in [0.2, 0.25) is 0 Å². The Morgan fingerprint density at radius 3 is 2.77 bits per heavy atom. The summed E-state index contributed by atoms with van der Waals surface area (Å²) in [6, 6.07) is 0. The van der Waals surface area contributed by atoms with Crippen LogP contribution >= 0.6 is 0 Å². The minimum Gasteiger partial charge on any atom is -0.460 e. The number of esters is 1. The molecule has 0 aliphatic carbocycles. The van der Waals surface area contributed by atoms with E-state index in [1.165, 1.54) is 0 Å². The average molecular weight is 311 g/mol. The van der Waals surface area contributed by atoms with Gasteiger partial charge in [-0.15, -0.1) is 0 Å². The van der Waals surface area contributed by atoms with E-state index in [2.05, 4.69) is 15.2 Å². The van der Waals surface area contributed by atoms with Crippen LogP contribution in [0, 0.1) is 5.92 Å². The third kappa shape index (κ3) is 4.87. The van der Waals surface area contributed by atoms with Crippen molar-refractivity contribution in [3.63, 3.8) is 0 Å². The standard InChI is InChI=1S/C16H29N3O3/c1-16(2,3)22-14(20)12-7-8-19(11-12)15(17-4)18-10-13-6-5-9-21-13/h12-13H,5-11H2,1-4H3,(H,17,18). The Morgan fingerprint density at radius 1 is 1.41 bits per heavy atom. The second-order valence-electron chi connectivity index (χ2n) is 7.03. The number of carbonyl (C=O) groups is 1. The lowest BCUT2D eigenvalue weighted by Gasteiger charge is -2.24. The van der Waals surface area contributed by atoms with Gasteiger partial charge in [0.25, 0.3) is 0 Å². The largest absolute Gasteiger partial charge is 0.460 e. The summed E-state index contributed by atoms with van der Waals surface area (Å²) in [6.07, 6.45) is 3.33. The Bertz CT molecular complexity index is 411. The van der Waals surface area contributed by atoms with Gasteiger partial charge in [0.1, 0.15) is 5.60 Å². The summed E-state index contributed by atoms with van der Waals surface area (Å²) in [6.45, 7) is 8.84. The summed E-state index contributed by atoms with van der Waals surface area (Å²) in [5.74, 6) is 0.673. The minimum absolute atomic E-state index is 0.0690. The number of hydrogen-bond donors (Lipinski definition) is 1. The van der Waals surface area contributed by atoms with E-state index in [-0.39, 0.29) is 18.0 Å². The van der Waals surface area contributed by atoms with Crippen molar-refractivity contribution in [2.45, 2.75) is 51.7 Å².